The summed E-state index contributed by atoms with van der Waals surface area (Å²) in [5.74, 6) is 0.727. The molecule has 18 heavy (non-hydrogen) atoms. The van der Waals surface area contributed by atoms with Gasteiger partial charge in [-0.15, -0.1) is 0 Å². The SMILES string of the molecule is COC1CCC(CC(=O)NCC(O)C(C)C)CC1. The van der Waals surface area contributed by atoms with Gasteiger partial charge in [-0.25, -0.2) is 0 Å². The molecule has 4 heteroatoms. The van der Waals surface area contributed by atoms with Crippen molar-refractivity contribution in [3.05, 3.63) is 0 Å². The third-order valence-corrected chi connectivity index (χ3v) is 3.88. The molecule has 1 unspecified atom stereocenters. The van der Waals surface area contributed by atoms with Crippen LogP contribution in [0.3, 0.4) is 0 Å². The normalized spacial score (nSPS) is 26.1. The molecule has 0 aromatic heterocycles. The first-order chi connectivity index (χ1) is 8.52. The zero-order valence-electron chi connectivity index (χ0n) is 11.8. The lowest BCUT2D eigenvalue weighted by Gasteiger charge is -2.27. The van der Waals surface area contributed by atoms with Crippen molar-refractivity contribution in [1.29, 1.82) is 0 Å². The summed E-state index contributed by atoms with van der Waals surface area (Å²) < 4.78 is 5.32. The zero-order valence-corrected chi connectivity index (χ0v) is 11.8. The van der Waals surface area contributed by atoms with E-state index in [4.69, 9.17) is 4.74 Å². The molecule has 106 valence electrons. The van der Waals surface area contributed by atoms with E-state index >= 15 is 0 Å². The van der Waals surface area contributed by atoms with Crippen LogP contribution in [0.4, 0.5) is 0 Å². The van der Waals surface area contributed by atoms with Crippen LogP contribution in [0.15, 0.2) is 0 Å². The van der Waals surface area contributed by atoms with Crippen LogP contribution in [-0.4, -0.2) is 36.9 Å². The minimum atomic E-state index is -0.446. The van der Waals surface area contributed by atoms with Crippen LogP contribution in [-0.2, 0) is 9.53 Å². The van der Waals surface area contributed by atoms with E-state index in [1.807, 2.05) is 13.8 Å². The molecule has 1 fully saturated rings. The van der Waals surface area contributed by atoms with Gasteiger partial charge in [0.05, 0.1) is 12.2 Å². The summed E-state index contributed by atoms with van der Waals surface area (Å²) in [6.07, 6.45) is 4.77. The molecule has 1 amide bonds. The van der Waals surface area contributed by atoms with Gasteiger partial charge < -0.3 is 15.2 Å². The molecule has 4 nitrogen and oxygen atoms in total. The van der Waals surface area contributed by atoms with Gasteiger partial charge in [-0.1, -0.05) is 13.8 Å². The molecule has 0 aromatic rings. The fraction of sp³-hybridized carbons (Fsp3) is 0.929. The lowest BCUT2D eigenvalue weighted by Crippen LogP contribution is -2.36. The highest BCUT2D eigenvalue weighted by molar-refractivity contribution is 5.76. The van der Waals surface area contributed by atoms with Gasteiger partial charge in [0.25, 0.3) is 0 Å². The predicted octanol–water partition coefficient (Wildman–Crippen LogP) is 1.71. The largest absolute Gasteiger partial charge is 0.391 e. The average Bonchev–Trinajstić information content (AvgIpc) is 2.36. The van der Waals surface area contributed by atoms with E-state index in [1.165, 1.54) is 0 Å². The molecule has 1 saturated carbocycles. The van der Waals surface area contributed by atoms with E-state index in [9.17, 15) is 9.90 Å². The standard InChI is InChI=1S/C14H27NO3/c1-10(2)13(16)9-15-14(17)8-11-4-6-12(18-3)7-5-11/h10-13,16H,4-9H2,1-3H3,(H,15,17). The first kappa shape index (κ1) is 15.4. The van der Waals surface area contributed by atoms with Crippen molar-refractivity contribution in [3.8, 4) is 0 Å². The number of aliphatic hydroxyl groups excluding tert-OH is 1. The molecule has 1 atom stereocenters. The second-order valence-corrected chi connectivity index (χ2v) is 5.70. The Morgan fingerprint density at radius 3 is 2.44 bits per heavy atom. The third-order valence-electron chi connectivity index (χ3n) is 3.88. The smallest absolute Gasteiger partial charge is 0.220 e. The van der Waals surface area contributed by atoms with Crippen LogP contribution in [0, 0.1) is 11.8 Å². The fourth-order valence-electron chi connectivity index (χ4n) is 2.36. The lowest BCUT2D eigenvalue weighted by molar-refractivity contribution is -0.123. The molecule has 1 aliphatic rings. The average molecular weight is 257 g/mol. The Hall–Kier alpha value is -0.610. The molecular weight excluding hydrogens is 230 g/mol. The van der Waals surface area contributed by atoms with E-state index in [1.54, 1.807) is 7.11 Å². The van der Waals surface area contributed by atoms with Crippen molar-refractivity contribution < 1.29 is 14.6 Å². The Labute approximate surface area is 110 Å². The molecule has 2 N–H and O–H groups in total. The van der Waals surface area contributed by atoms with Crippen molar-refractivity contribution in [1.82, 2.24) is 5.32 Å². The number of aliphatic hydroxyl groups is 1. The van der Waals surface area contributed by atoms with E-state index in [0.29, 0.717) is 25.0 Å². The van der Waals surface area contributed by atoms with Gasteiger partial charge in [0.15, 0.2) is 0 Å². The van der Waals surface area contributed by atoms with E-state index in [0.717, 1.165) is 25.7 Å². The van der Waals surface area contributed by atoms with Gasteiger partial charge in [-0.3, -0.25) is 4.79 Å². The number of hydrogen-bond donors (Lipinski definition) is 2. The fourth-order valence-corrected chi connectivity index (χ4v) is 2.36. The minimum absolute atomic E-state index is 0.0653. The summed E-state index contributed by atoms with van der Waals surface area (Å²) in [4.78, 5) is 11.7. The van der Waals surface area contributed by atoms with Crippen LogP contribution in [0.25, 0.3) is 0 Å². The van der Waals surface area contributed by atoms with Crippen LogP contribution in [0.2, 0.25) is 0 Å². The Kier molecular flexibility index (Phi) is 6.65. The van der Waals surface area contributed by atoms with Crippen LogP contribution < -0.4 is 5.32 Å². The second kappa shape index (κ2) is 7.74. The molecule has 0 spiro atoms. The van der Waals surface area contributed by atoms with Crippen LogP contribution in [0.1, 0.15) is 46.0 Å². The van der Waals surface area contributed by atoms with Crippen molar-refractivity contribution in [2.45, 2.75) is 58.2 Å². The van der Waals surface area contributed by atoms with Gasteiger partial charge in [-0.2, -0.15) is 0 Å². The molecule has 0 bridgehead atoms. The lowest BCUT2D eigenvalue weighted by atomic mass is 9.85. The summed E-state index contributed by atoms with van der Waals surface area (Å²) >= 11 is 0. The van der Waals surface area contributed by atoms with Crippen LogP contribution >= 0.6 is 0 Å². The highest BCUT2D eigenvalue weighted by Crippen LogP contribution is 2.28. The quantitative estimate of drug-likeness (QED) is 0.761. The summed E-state index contributed by atoms with van der Waals surface area (Å²) in [7, 11) is 1.75. The first-order valence-electron chi connectivity index (χ1n) is 7.00. The Balaban J connectivity index is 2.17. The predicted molar refractivity (Wildman–Crippen MR) is 71.2 cm³/mol. The molecule has 0 saturated heterocycles. The van der Waals surface area contributed by atoms with Gasteiger partial charge in [0.1, 0.15) is 0 Å². The Morgan fingerprint density at radius 2 is 1.94 bits per heavy atom. The molecule has 0 aromatic carbocycles. The summed E-state index contributed by atoms with van der Waals surface area (Å²) in [5.41, 5.74) is 0. The molecular formula is C14H27NO3. The molecule has 0 radical (unpaired) electrons. The highest BCUT2D eigenvalue weighted by Gasteiger charge is 2.23. The van der Waals surface area contributed by atoms with Crippen molar-refractivity contribution in [3.63, 3.8) is 0 Å². The second-order valence-electron chi connectivity index (χ2n) is 5.70. The van der Waals surface area contributed by atoms with Crippen LogP contribution in [0.5, 0.6) is 0 Å². The van der Waals surface area contributed by atoms with E-state index < -0.39 is 6.10 Å². The molecule has 0 aliphatic heterocycles. The zero-order chi connectivity index (χ0) is 13.5. The summed E-state index contributed by atoms with van der Waals surface area (Å²) in [6, 6.07) is 0. The van der Waals surface area contributed by atoms with Gasteiger partial charge in [0, 0.05) is 20.1 Å². The maximum absolute atomic E-state index is 11.7. The number of amides is 1. The third kappa shape index (κ3) is 5.36. The maximum Gasteiger partial charge on any atom is 0.220 e. The van der Waals surface area contributed by atoms with Gasteiger partial charge in [0.2, 0.25) is 5.91 Å². The number of carbonyl (C=O) groups is 1. The van der Waals surface area contributed by atoms with Crippen molar-refractivity contribution in [2.75, 3.05) is 13.7 Å². The number of nitrogens with one attached hydrogen (secondary N) is 1. The monoisotopic (exact) mass is 257 g/mol. The summed E-state index contributed by atoms with van der Waals surface area (Å²) in [6.45, 7) is 4.26. The number of methoxy groups -OCH3 is 1. The van der Waals surface area contributed by atoms with Gasteiger partial charge >= 0.3 is 0 Å². The Morgan fingerprint density at radius 1 is 1.33 bits per heavy atom. The number of carbonyl (C=O) groups excluding carboxylic acids is 1. The first-order valence-corrected chi connectivity index (χ1v) is 7.00. The van der Waals surface area contributed by atoms with E-state index in [-0.39, 0.29) is 11.8 Å². The summed E-state index contributed by atoms with van der Waals surface area (Å²) in [5, 5.41) is 12.4. The molecule has 0 heterocycles. The molecule has 1 rings (SSSR count). The Bertz CT molecular complexity index is 247. The van der Waals surface area contributed by atoms with E-state index in [2.05, 4.69) is 5.32 Å². The highest BCUT2D eigenvalue weighted by atomic mass is 16.5. The number of hydrogen-bond acceptors (Lipinski definition) is 3. The number of rotatable bonds is 6. The van der Waals surface area contributed by atoms with Gasteiger partial charge in [-0.05, 0) is 37.5 Å². The maximum atomic E-state index is 11.7. The van der Waals surface area contributed by atoms with Crippen molar-refractivity contribution in [2.24, 2.45) is 11.8 Å². The molecule has 1 aliphatic carbocycles. The topological polar surface area (TPSA) is 58.6 Å². The minimum Gasteiger partial charge on any atom is -0.391 e. The number of ether oxygens (including phenoxy) is 1. The van der Waals surface area contributed by atoms with Crippen molar-refractivity contribution >= 4 is 5.91 Å².